The second-order valence-corrected chi connectivity index (χ2v) is 7.28. The molecule has 156 valence electrons. The fraction of sp³-hybridized carbons (Fsp3) is 0.348. The average molecular weight is 406 g/mol. The van der Waals surface area contributed by atoms with Crippen LogP contribution in [0.1, 0.15) is 36.1 Å². The lowest BCUT2D eigenvalue weighted by Crippen LogP contribution is -2.49. The van der Waals surface area contributed by atoms with Crippen molar-refractivity contribution in [1.82, 2.24) is 19.9 Å². The van der Waals surface area contributed by atoms with E-state index >= 15 is 0 Å². The Morgan fingerprint density at radius 3 is 2.43 bits per heavy atom. The molecule has 1 aliphatic heterocycles. The Morgan fingerprint density at radius 1 is 1.07 bits per heavy atom. The van der Waals surface area contributed by atoms with Gasteiger partial charge in [0.25, 0.3) is 5.91 Å². The van der Waals surface area contributed by atoms with E-state index in [4.69, 9.17) is 9.26 Å². The van der Waals surface area contributed by atoms with E-state index in [0.717, 1.165) is 24.4 Å². The fourth-order valence-electron chi connectivity index (χ4n) is 3.62. The molecule has 2 heterocycles. The van der Waals surface area contributed by atoms with Crippen LogP contribution in [0.4, 0.5) is 0 Å². The number of aromatic nitrogens is 2. The number of piperazine rings is 1. The maximum Gasteiger partial charge on any atom is 0.253 e. The maximum atomic E-state index is 12.8. The molecule has 1 fully saturated rings. The summed E-state index contributed by atoms with van der Waals surface area (Å²) in [6.07, 6.45) is 0. The van der Waals surface area contributed by atoms with E-state index in [-0.39, 0.29) is 11.9 Å². The SMILES string of the molecule is CCOc1ccc(C(=O)N2CCN(C(C)c3nc(-c4ccccc4)no3)CC2)cc1. The summed E-state index contributed by atoms with van der Waals surface area (Å²) in [6, 6.07) is 17.1. The number of ether oxygens (including phenoxy) is 1. The molecule has 0 aliphatic carbocycles. The molecule has 0 radical (unpaired) electrons. The van der Waals surface area contributed by atoms with Crippen LogP contribution in [-0.2, 0) is 0 Å². The minimum absolute atomic E-state index is 0.00214. The lowest BCUT2D eigenvalue weighted by Gasteiger charge is -2.36. The summed E-state index contributed by atoms with van der Waals surface area (Å²) < 4.78 is 11.0. The number of carbonyl (C=O) groups is 1. The number of amides is 1. The quantitative estimate of drug-likeness (QED) is 0.622. The molecule has 1 unspecified atom stereocenters. The Labute approximate surface area is 176 Å². The zero-order chi connectivity index (χ0) is 20.9. The van der Waals surface area contributed by atoms with Gasteiger partial charge in [0, 0.05) is 37.3 Å². The van der Waals surface area contributed by atoms with Crippen molar-refractivity contribution in [3.8, 4) is 17.1 Å². The Kier molecular flexibility index (Phi) is 6.09. The van der Waals surface area contributed by atoms with Crippen LogP contribution < -0.4 is 4.74 Å². The van der Waals surface area contributed by atoms with Crippen molar-refractivity contribution in [2.24, 2.45) is 0 Å². The Bertz CT molecular complexity index is 964. The molecule has 1 amide bonds. The van der Waals surface area contributed by atoms with Gasteiger partial charge in [-0.25, -0.2) is 0 Å². The van der Waals surface area contributed by atoms with Crippen molar-refractivity contribution in [3.63, 3.8) is 0 Å². The number of nitrogens with zero attached hydrogens (tertiary/aromatic N) is 4. The molecule has 4 rings (SSSR count). The van der Waals surface area contributed by atoms with Crippen LogP contribution in [0.15, 0.2) is 59.1 Å². The predicted octanol–water partition coefficient (Wildman–Crippen LogP) is 3.65. The third-order valence-electron chi connectivity index (χ3n) is 5.39. The fourth-order valence-corrected chi connectivity index (χ4v) is 3.62. The van der Waals surface area contributed by atoms with Gasteiger partial charge >= 0.3 is 0 Å². The van der Waals surface area contributed by atoms with Gasteiger partial charge in [-0.1, -0.05) is 35.5 Å². The van der Waals surface area contributed by atoms with Gasteiger partial charge in [0.05, 0.1) is 12.6 Å². The standard InChI is InChI=1S/C23H26N4O3/c1-3-29-20-11-9-19(10-12-20)23(28)27-15-13-26(14-16-27)17(2)22-24-21(25-30-22)18-7-5-4-6-8-18/h4-12,17H,3,13-16H2,1-2H3. The molecule has 1 aliphatic rings. The normalized spacial score (nSPS) is 15.7. The first-order valence-corrected chi connectivity index (χ1v) is 10.3. The highest BCUT2D eigenvalue weighted by Crippen LogP contribution is 2.24. The summed E-state index contributed by atoms with van der Waals surface area (Å²) in [5.41, 5.74) is 1.62. The van der Waals surface area contributed by atoms with E-state index in [1.54, 1.807) is 0 Å². The van der Waals surface area contributed by atoms with E-state index in [0.29, 0.717) is 37.0 Å². The number of benzene rings is 2. The zero-order valence-corrected chi connectivity index (χ0v) is 17.3. The van der Waals surface area contributed by atoms with Gasteiger partial charge in [0.15, 0.2) is 0 Å². The first-order chi connectivity index (χ1) is 14.7. The van der Waals surface area contributed by atoms with Crippen molar-refractivity contribution in [3.05, 3.63) is 66.1 Å². The summed E-state index contributed by atoms with van der Waals surface area (Å²) in [5.74, 6) is 2.03. The molecule has 2 aromatic carbocycles. The number of hydrogen-bond donors (Lipinski definition) is 0. The van der Waals surface area contributed by atoms with Crippen LogP contribution >= 0.6 is 0 Å². The summed E-state index contributed by atoms with van der Waals surface area (Å²) in [6.45, 7) is 7.45. The molecule has 1 saturated heterocycles. The van der Waals surface area contributed by atoms with Crippen molar-refractivity contribution in [2.75, 3.05) is 32.8 Å². The molecule has 7 heteroatoms. The highest BCUT2D eigenvalue weighted by Gasteiger charge is 2.28. The smallest absolute Gasteiger partial charge is 0.253 e. The van der Waals surface area contributed by atoms with Gasteiger partial charge in [-0.15, -0.1) is 0 Å². The summed E-state index contributed by atoms with van der Waals surface area (Å²) in [5, 5.41) is 4.12. The van der Waals surface area contributed by atoms with Crippen LogP contribution in [0.25, 0.3) is 11.4 Å². The van der Waals surface area contributed by atoms with Crippen molar-refractivity contribution >= 4 is 5.91 Å². The Morgan fingerprint density at radius 2 is 1.77 bits per heavy atom. The van der Waals surface area contributed by atoms with Crippen LogP contribution in [0.3, 0.4) is 0 Å². The minimum Gasteiger partial charge on any atom is -0.494 e. The van der Waals surface area contributed by atoms with Crippen LogP contribution in [0.2, 0.25) is 0 Å². The average Bonchev–Trinajstić information content (AvgIpc) is 3.30. The molecule has 0 N–H and O–H groups in total. The minimum atomic E-state index is -0.00214. The van der Waals surface area contributed by atoms with Gasteiger partial charge in [-0.05, 0) is 38.1 Å². The predicted molar refractivity (Wildman–Crippen MR) is 113 cm³/mol. The maximum absolute atomic E-state index is 12.8. The van der Waals surface area contributed by atoms with Crippen molar-refractivity contribution in [2.45, 2.75) is 19.9 Å². The molecule has 0 spiro atoms. The lowest BCUT2D eigenvalue weighted by molar-refractivity contribution is 0.0551. The topological polar surface area (TPSA) is 71.7 Å². The summed E-state index contributed by atoms with van der Waals surface area (Å²) in [4.78, 5) is 21.5. The van der Waals surface area contributed by atoms with Gasteiger partial charge in [0.1, 0.15) is 5.75 Å². The molecule has 0 bridgehead atoms. The first kappa shape index (κ1) is 20.1. The Balaban J connectivity index is 1.35. The number of carbonyl (C=O) groups excluding carboxylic acids is 1. The third kappa shape index (κ3) is 4.36. The first-order valence-electron chi connectivity index (χ1n) is 10.3. The molecule has 1 atom stereocenters. The third-order valence-corrected chi connectivity index (χ3v) is 5.39. The molecule has 3 aromatic rings. The second kappa shape index (κ2) is 9.09. The highest BCUT2D eigenvalue weighted by molar-refractivity contribution is 5.94. The van der Waals surface area contributed by atoms with E-state index in [1.165, 1.54) is 0 Å². The monoisotopic (exact) mass is 406 g/mol. The Hall–Kier alpha value is -3.19. The number of hydrogen-bond acceptors (Lipinski definition) is 6. The highest BCUT2D eigenvalue weighted by atomic mass is 16.5. The van der Waals surface area contributed by atoms with Crippen LogP contribution in [0.5, 0.6) is 5.75 Å². The summed E-state index contributed by atoms with van der Waals surface area (Å²) in [7, 11) is 0. The molecular weight excluding hydrogens is 380 g/mol. The van der Waals surface area contributed by atoms with E-state index in [1.807, 2.05) is 66.4 Å². The molecule has 1 aromatic heterocycles. The second-order valence-electron chi connectivity index (χ2n) is 7.28. The van der Waals surface area contributed by atoms with Crippen LogP contribution in [0, 0.1) is 0 Å². The lowest BCUT2D eigenvalue weighted by atomic mass is 10.1. The van der Waals surface area contributed by atoms with Gasteiger partial charge in [-0.2, -0.15) is 4.98 Å². The van der Waals surface area contributed by atoms with E-state index in [9.17, 15) is 4.79 Å². The summed E-state index contributed by atoms with van der Waals surface area (Å²) >= 11 is 0. The molecule has 0 saturated carbocycles. The van der Waals surface area contributed by atoms with E-state index in [2.05, 4.69) is 22.0 Å². The molecular formula is C23H26N4O3. The van der Waals surface area contributed by atoms with Crippen molar-refractivity contribution < 1.29 is 14.1 Å². The van der Waals surface area contributed by atoms with Crippen LogP contribution in [-0.4, -0.2) is 58.6 Å². The van der Waals surface area contributed by atoms with Gasteiger partial charge < -0.3 is 14.2 Å². The van der Waals surface area contributed by atoms with Crippen molar-refractivity contribution in [1.29, 1.82) is 0 Å². The van der Waals surface area contributed by atoms with E-state index < -0.39 is 0 Å². The number of rotatable bonds is 6. The van der Waals surface area contributed by atoms with Gasteiger partial charge in [0.2, 0.25) is 11.7 Å². The largest absolute Gasteiger partial charge is 0.494 e. The van der Waals surface area contributed by atoms with Gasteiger partial charge in [-0.3, -0.25) is 9.69 Å². The molecule has 30 heavy (non-hydrogen) atoms. The molecule has 7 nitrogen and oxygen atoms in total. The zero-order valence-electron chi connectivity index (χ0n) is 17.3.